The van der Waals surface area contributed by atoms with Crippen LogP contribution in [0.4, 0.5) is 0 Å². The maximum Gasteiger partial charge on any atom is 0.222 e. The van der Waals surface area contributed by atoms with E-state index in [4.69, 9.17) is 0 Å². The Balaban J connectivity index is 1.45. The zero-order valence-corrected chi connectivity index (χ0v) is 15.1. The van der Waals surface area contributed by atoms with Crippen LogP contribution in [0.2, 0.25) is 0 Å². The molecule has 7 nitrogen and oxygen atoms in total. The smallest absolute Gasteiger partial charge is 0.222 e. The van der Waals surface area contributed by atoms with E-state index in [0.29, 0.717) is 18.9 Å². The Morgan fingerprint density at radius 2 is 1.88 bits per heavy atom. The van der Waals surface area contributed by atoms with Crippen molar-refractivity contribution in [3.63, 3.8) is 0 Å². The lowest BCUT2D eigenvalue weighted by Gasteiger charge is -2.26. The van der Waals surface area contributed by atoms with Crippen LogP contribution in [0.15, 0.2) is 12.7 Å². The Morgan fingerprint density at radius 1 is 1.12 bits per heavy atom. The molecule has 1 N–H and O–H groups in total. The number of hydrogen-bond acceptors (Lipinski definition) is 5. The molecule has 0 unspecified atom stereocenters. The lowest BCUT2D eigenvalue weighted by atomic mass is 9.96. The number of carbonyl (C=O) groups excluding carboxylic acids is 1. The molecule has 7 heteroatoms. The molecular weight excluding hydrogens is 318 g/mol. The van der Waals surface area contributed by atoms with Crippen LogP contribution in [0, 0.1) is 11.8 Å². The molecule has 0 aliphatic carbocycles. The second-order valence-electron chi connectivity index (χ2n) is 7.48. The van der Waals surface area contributed by atoms with Crippen LogP contribution >= 0.6 is 0 Å². The van der Waals surface area contributed by atoms with Crippen LogP contribution in [0.25, 0.3) is 0 Å². The number of aromatic nitrogens is 3. The molecule has 0 radical (unpaired) electrons. The van der Waals surface area contributed by atoms with E-state index in [1.165, 1.54) is 45.1 Å². The minimum Gasteiger partial charge on any atom is -0.396 e. The molecule has 0 spiro atoms. The Morgan fingerprint density at radius 3 is 2.56 bits per heavy atom. The van der Waals surface area contributed by atoms with Crippen LogP contribution in [0.5, 0.6) is 0 Å². The van der Waals surface area contributed by atoms with Gasteiger partial charge in [0, 0.05) is 45.1 Å². The number of nitrogens with zero attached hydrogens (tertiary/aromatic N) is 5. The van der Waals surface area contributed by atoms with Gasteiger partial charge in [-0.1, -0.05) is 12.8 Å². The molecule has 3 heterocycles. The van der Waals surface area contributed by atoms with Crippen molar-refractivity contribution in [3.05, 3.63) is 12.7 Å². The second kappa shape index (κ2) is 9.29. The van der Waals surface area contributed by atoms with Crippen molar-refractivity contribution in [2.45, 2.75) is 45.1 Å². The summed E-state index contributed by atoms with van der Waals surface area (Å²) in [6, 6.07) is 0. The van der Waals surface area contributed by atoms with Crippen molar-refractivity contribution < 1.29 is 9.90 Å². The third-order valence-electron chi connectivity index (χ3n) is 5.60. The van der Waals surface area contributed by atoms with Gasteiger partial charge in [-0.2, -0.15) is 5.10 Å². The number of hydrogen-bond donors (Lipinski definition) is 1. The third-order valence-corrected chi connectivity index (χ3v) is 5.60. The van der Waals surface area contributed by atoms with Gasteiger partial charge in [0.25, 0.3) is 0 Å². The molecule has 2 atom stereocenters. The van der Waals surface area contributed by atoms with Crippen molar-refractivity contribution in [3.8, 4) is 0 Å². The van der Waals surface area contributed by atoms with Gasteiger partial charge in [-0.25, -0.2) is 4.98 Å². The topological polar surface area (TPSA) is 74.5 Å². The minimum atomic E-state index is 0.182. The summed E-state index contributed by atoms with van der Waals surface area (Å²) < 4.78 is 1.76. The Hall–Kier alpha value is -1.47. The maximum atomic E-state index is 12.5. The molecule has 2 fully saturated rings. The molecule has 0 aromatic carbocycles. The van der Waals surface area contributed by atoms with E-state index in [2.05, 4.69) is 15.0 Å². The van der Waals surface area contributed by atoms with E-state index >= 15 is 0 Å². The van der Waals surface area contributed by atoms with Crippen LogP contribution in [0.1, 0.15) is 38.5 Å². The number of likely N-dealkylation sites (tertiary alicyclic amines) is 2. The van der Waals surface area contributed by atoms with Crippen molar-refractivity contribution in [2.75, 3.05) is 39.3 Å². The van der Waals surface area contributed by atoms with E-state index in [1.807, 2.05) is 4.90 Å². The number of amides is 1. The lowest BCUT2D eigenvalue weighted by molar-refractivity contribution is -0.130. The summed E-state index contributed by atoms with van der Waals surface area (Å²) in [4.78, 5) is 20.9. The highest BCUT2D eigenvalue weighted by atomic mass is 16.3. The SMILES string of the molecule is O=C(CCCn1cncn1)N1C[C@@H](CN2CCCCCC2)[C@@H](CO)C1. The number of aryl methyl sites for hydroxylation is 1. The first-order chi connectivity index (χ1) is 12.3. The Labute approximate surface area is 150 Å². The normalized spacial score (nSPS) is 25.2. The summed E-state index contributed by atoms with van der Waals surface area (Å²) >= 11 is 0. The predicted octanol–water partition coefficient (Wildman–Crippen LogP) is 1.00. The molecule has 2 aliphatic heterocycles. The first kappa shape index (κ1) is 18.3. The Kier molecular flexibility index (Phi) is 6.81. The monoisotopic (exact) mass is 349 g/mol. The van der Waals surface area contributed by atoms with Crippen LogP contribution in [0.3, 0.4) is 0 Å². The van der Waals surface area contributed by atoms with Crippen molar-refractivity contribution >= 4 is 5.91 Å². The van der Waals surface area contributed by atoms with Crippen molar-refractivity contribution in [2.24, 2.45) is 11.8 Å². The van der Waals surface area contributed by atoms with Crippen LogP contribution < -0.4 is 0 Å². The zero-order valence-electron chi connectivity index (χ0n) is 15.1. The van der Waals surface area contributed by atoms with Crippen LogP contribution in [-0.4, -0.2) is 74.9 Å². The number of aliphatic hydroxyl groups is 1. The van der Waals surface area contributed by atoms with E-state index in [9.17, 15) is 9.90 Å². The zero-order chi connectivity index (χ0) is 17.5. The molecule has 1 amide bonds. The number of rotatable bonds is 7. The fraction of sp³-hybridized carbons (Fsp3) is 0.833. The van der Waals surface area contributed by atoms with E-state index in [0.717, 1.165) is 26.1 Å². The van der Waals surface area contributed by atoms with Gasteiger partial charge in [-0.3, -0.25) is 9.48 Å². The highest BCUT2D eigenvalue weighted by molar-refractivity contribution is 5.76. The predicted molar refractivity (Wildman–Crippen MR) is 94.8 cm³/mol. The largest absolute Gasteiger partial charge is 0.396 e. The standard InChI is InChI=1S/C18H31N5O2/c24-13-17-12-22(18(25)6-5-9-23-15-19-14-20-23)11-16(17)10-21-7-3-1-2-4-8-21/h14-17,24H,1-13H2/t16-,17-/m1/s1. The highest BCUT2D eigenvalue weighted by Gasteiger charge is 2.35. The third kappa shape index (κ3) is 5.25. The quantitative estimate of drug-likeness (QED) is 0.795. The van der Waals surface area contributed by atoms with Gasteiger partial charge in [0.2, 0.25) is 5.91 Å². The van der Waals surface area contributed by atoms with Gasteiger partial charge in [-0.15, -0.1) is 0 Å². The fourth-order valence-corrected chi connectivity index (χ4v) is 4.11. The van der Waals surface area contributed by atoms with E-state index in [1.54, 1.807) is 11.0 Å². The first-order valence-electron chi connectivity index (χ1n) is 9.69. The average Bonchev–Trinajstić information content (AvgIpc) is 3.20. The van der Waals surface area contributed by atoms with E-state index < -0.39 is 0 Å². The molecule has 0 saturated carbocycles. The first-order valence-corrected chi connectivity index (χ1v) is 9.69. The van der Waals surface area contributed by atoms with Gasteiger partial charge in [0.05, 0.1) is 0 Å². The Bertz CT molecular complexity index is 514. The number of aliphatic hydroxyl groups excluding tert-OH is 1. The molecule has 25 heavy (non-hydrogen) atoms. The summed E-state index contributed by atoms with van der Waals surface area (Å²) in [5.41, 5.74) is 0. The molecule has 1 aromatic rings. The molecule has 3 rings (SSSR count). The average molecular weight is 349 g/mol. The maximum absolute atomic E-state index is 12.5. The van der Waals surface area contributed by atoms with Gasteiger partial charge in [0.15, 0.2) is 0 Å². The molecule has 140 valence electrons. The van der Waals surface area contributed by atoms with Gasteiger partial charge in [0.1, 0.15) is 12.7 Å². The van der Waals surface area contributed by atoms with Crippen LogP contribution in [-0.2, 0) is 11.3 Å². The highest BCUT2D eigenvalue weighted by Crippen LogP contribution is 2.26. The molecule has 1 aromatic heterocycles. The van der Waals surface area contributed by atoms with Gasteiger partial charge in [-0.05, 0) is 38.3 Å². The minimum absolute atomic E-state index is 0.182. The van der Waals surface area contributed by atoms with Crippen molar-refractivity contribution in [1.82, 2.24) is 24.6 Å². The van der Waals surface area contributed by atoms with Gasteiger partial charge < -0.3 is 14.9 Å². The summed E-state index contributed by atoms with van der Waals surface area (Å²) in [6.07, 6.45) is 9.74. The molecule has 2 saturated heterocycles. The lowest BCUT2D eigenvalue weighted by Crippen LogP contribution is -2.35. The van der Waals surface area contributed by atoms with E-state index in [-0.39, 0.29) is 18.4 Å². The molecular formula is C18H31N5O2. The summed E-state index contributed by atoms with van der Waals surface area (Å²) in [5, 5.41) is 13.8. The number of carbonyl (C=O) groups is 1. The summed E-state index contributed by atoms with van der Waals surface area (Å²) in [5.74, 6) is 0.835. The molecule has 0 bridgehead atoms. The second-order valence-corrected chi connectivity index (χ2v) is 7.48. The molecule has 2 aliphatic rings. The summed E-state index contributed by atoms with van der Waals surface area (Å²) in [7, 11) is 0. The van der Waals surface area contributed by atoms with Crippen molar-refractivity contribution in [1.29, 1.82) is 0 Å². The fourth-order valence-electron chi connectivity index (χ4n) is 4.11. The summed E-state index contributed by atoms with van der Waals surface area (Å²) in [6.45, 7) is 5.76. The van der Waals surface area contributed by atoms with Gasteiger partial charge >= 0.3 is 0 Å².